The number of hydrogen-bond donors (Lipinski definition) is 2. The molecule has 2 aromatic rings. The van der Waals surface area contributed by atoms with Crippen molar-refractivity contribution in [2.45, 2.75) is 0 Å². The van der Waals surface area contributed by atoms with Crippen LogP contribution in [0.25, 0.3) is 0 Å². The minimum atomic E-state index is 0.584. The van der Waals surface area contributed by atoms with Gasteiger partial charge in [-0.3, -0.25) is 0 Å². The third-order valence-corrected chi connectivity index (χ3v) is 3.76. The van der Waals surface area contributed by atoms with Crippen LogP contribution in [0.1, 0.15) is 0 Å². The molecule has 1 aromatic heterocycles. The zero-order valence-electron chi connectivity index (χ0n) is 13.9. The lowest BCUT2D eigenvalue weighted by Crippen LogP contribution is -2.36. The van der Waals surface area contributed by atoms with E-state index >= 15 is 0 Å². The first-order valence-corrected chi connectivity index (χ1v) is 8.11. The van der Waals surface area contributed by atoms with Crippen LogP contribution in [-0.2, 0) is 9.47 Å². The highest BCUT2D eigenvalue weighted by Crippen LogP contribution is 2.28. The lowest BCUT2D eigenvalue weighted by Gasteiger charge is -2.30. The third-order valence-electron chi connectivity index (χ3n) is 3.76. The number of para-hydroxylation sites is 2. The average Bonchev–Trinajstić information content (AvgIpc) is 2.64. The van der Waals surface area contributed by atoms with Crippen LogP contribution in [0.3, 0.4) is 0 Å². The summed E-state index contributed by atoms with van der Waals surface area (Å²) in [6, 6.07) is 10.1. The number of aromatic nitrogens is 2. The molecule has 3 rings (SSSR count). The number of methoxy groups -OCH3 is 1. The molecule has 1 aromatic carbocycles. The highest BCUT2D eigenvalue weighted by molar-refractivity contribution is 5.74. The van der Waals surface area contributed by atoms with Gasteiger partial charge in [-0.15, -0.1) is 0 Å². The lowest BCUT2D eigenvalue weighted by molar-refractivity contribution is 0.123. The fourth-order valence-corrected chi connectivity index (χ4v) is 2.58. The second-order valence-corrected chi connectivity index (χ2v) is 5.43. The van der Waals surface area contributed by atoms with Gasteiger partial charge in [0.15, 0.2) is 0 Å². The van der Waals surface area contributed by atoms with E-state index in [1.165, 1.54) is 0 Å². The molecule has 2 N–H and O–H groups in total. The summed E-state index contributed by atoms with van der Waals surface area (Å²) in [5, 5.41) is 6.53. The van der Waals surface area contributed by atoms with Gasteiger partial charge in [-0.25, -0.2) is 4.98 Å². The van der Waals surface area contributed by atoms with E-state index < -0.39 is 0 Å². The Bertz CT molecular complexity index is 646. The summed E-state index contributed by atoms with van der Waals surface area (Å²) in [4.78, 5) is 11.0. The van der Waals surface area contributed by atoms with Crippen molar-refractivity contribution < 1.29 is 9.47 Å². The number of morpholine rings is 1. The van der Waals surface area contributed by atoms with Crippen LogP contribution in [0.15, 0.2) is 36.5 Å². The first-order chi connectivity index (χ1) is 11.9. The Morgan fingerprint density at radius 3 is 2.88 bits per heavy atom. The second kappa shape index (κ2) is 8.47. The molecule has 0 atom stereocenters. The number of ether oxygens (including phenoxy) is 2. The molecular formula is C17H23N5O2. The fraction of sp³-hybridized carbons (Fsp3) is 0.412. The van der Waals surface area contributed by atoms with E-state index in [1.54, 1.807) is 13.3 Å². The van der Waals surface area contributed by atoms with Gasteiger partial charge in [0.2, 0.25) is 5.95 Å². The fourth-order valence-electron chi connectivity index (χ4n) is 2.58. The zero-order valence-corrected chi connectivity index (χ0v) is 13.9. The second-order valence-electron chi connectivity index (χ2n) is 5.43. The Kier molecular flexibility index (Phi) is 5.81. The van der Waals surface area contributed by atoms with Gasteiger partial charge in [0, 0.05) is 32.9 Å². The molecule has 2 heterocycles. The van der Waals surface area contributed by atoms with Crippen LogP contribution >= 0.6 is 0 Å². The van der Waals surface area contributed by atoms with E-state index in [4.69, 9.17) is 9.47 Å². The number of benzene rings is 1. The van der Waals surface area contributed by atoms with Crippen molar-refractivity contribution in [1.82, 2.24) is 9.97 Å². The number of hydrogen-bond acceptors (Lipinski definition) is 7. The van der Waals surface area contributed by atoms with Crippen LogP contribution in [0.4, 0.5) is 23.1 Å². The molecule has 1 saturated heterocycles. The molecule has 128 valence electrons. The van der Waals surface area contributed by atoms with E-state index in [-0.39, 0.29) is 0 Å². The Balaban J connectivity index is 1.72. The standard InChI is InChI=1S/C17H23N5O2/c1-23-11-8-19-17-18-7-6-16(21-17)20-14-4-2-3-5-15(14)22-9-12-24-13-10-22/h2-7H,8-13H2,1H3,(H2,18,19,20,21). The van der Waals surface area contributed by atoms with Crippen molar-refractivity contribution in [2.75, 3.05) is 62.1 Å². The van der Waals surface area contributed by atoms with Crippen molar-refractivity contribution >= 4 is 23.1 Å². The molecule has 0 aliphatic carbocycles. The van der Waals surface area contributed by atoms with Gasteiger partial charge in [-0.05, 0) is 18.2 Å². The molecule has 7 nitrogen and oxygen atoms in total. The molecule has 0 bridgehead atoms. The summed E-state index contributed by atoms with van der Waals surface area (Å²) in [5.74, 6) is 1.34. The van der Waals surface area contributed by atoms with E-state index in [9.17, 15) is 0 Å². The SMILES string of the molecule is COCCNc1nccc(Nc2ccccc2N2CCOCC2)n1. The summed E-state index contributed by atoms with van der Waals surface area (Å²) in [6.45, 7) is 4.59. The first-order valence-electron chi connectivity index (χ1n) is 8.11. The quantitative estimate of drug-likeness (QED) is 0.754. The summed E-state index contributed by atoms with van der Waals surface area (Å²) >= 11 is 0. The number of nitrogens with zero attached hydrogens (tertiary/aromatic N) is 3. The van der Waals surface area contributed by atoms with Crippen molar-refractivity contribution in [3.8, 4) is 0 Å². The number of nitrogens with one attached hydrogen (secondary N) is 2. The molecule has 1 fully saturated rings. The molecular weight excluding hydrogens is 306 g/mol. The molecule has 0 amide bonds. The zero-order chi connectivity index (χ0) is 16.6. The Morgan fingerprint density at radius 2 is 2.04 bits per heavy atom. The van der Waals surface area contributed by atoms with Crippen molar-refractivity contribution in [3.63, 3.8) is 0 Å². The van der Waals surface area contributed by atoms with Crippen LogP contribution in [-0.4, -0.2) is 56.5 Å². The molecule has 1 aliphatic rings. The topological polar surface area (TPSA) is 71.5 Å². The Morgan fingerprint density at radius 1 is 1.21 bits per heavy atom. The lowest BCUT2D eigenvalue weighted by atomic mass is 10.2. The maximum absolute atomic E-state index is 5.44. The molecule has 7 heteroatoms. The minimum absolute atomic E-state index is 0.584. The average molecular weight is 329 g/mol. The molecule has 1 aliphatic heterocycles. The molecule has 24 heavy (non-hydrogen) atoms. The highest BCUT2D eigenvalue weighted by atomic mass is 16.5. The van der Waals surface area contributed by atoms with Crippen molar-refractivity contribution in [2.24, 2.45) is 0 Å². The van der Waals surface area contributed by atoms with Crippen LogP contribution < -0.4 is 15.5 Å². The third kappa shape index (κ3) is 4.33. The van der Waals surface area contributed by atoms with E-state index in [0.717, 1.165) is 43.5 Å². The van der Waals surface area contributed by atoms with Gasteiger partial charge in [0.25, 0.3) is 0 Å². The molecule has 0 radical (unpaired) electrons. The minimum Gasteiger partial charge on any atom is -0.383 e. The smallest absolute Gasteiger partial charge is 0.224 e. The van der Waals surface area contributed by atoms with Crippen LogP contribution in [0, 0.1) is 0 Å². The van der Waals surface area contributed by atoms with Crippen molar-refractivity contribution in [3.05, 3.63) is 36.5 Å². The summed E-state index contributed by atoms with van der Waals surface area (Å²) in [6.07, 6.45) is 1.74. The van der Waals surface area contributed by atoms with Crippen LogP contribution in [0.5, 0.6) is 0 Å². The van der Waals surface area contributed by atoms with Crippen LogP contribution in [0.2, 0.25) is 0 Å². The number of anilines is 4. The Labute approximate surface area is 142 Å². The van der Waals surface area contributed by atoms with Crippen molar-refractivity contribution in [1.29, 1.82) is 0 Å². The van der Waals surface area contributed by atoms with Gasteiger partial charge in [-0.1, -0.05) is 12.1 Å². The molecule has 0 saturated carbocycles. The normalized spacial score (nSPS) is 14.5. The first kappa shape index (κ1) is 16.5. The summed E-state index contributed by atoms with van der Waals surface area (Å²) in [7, 11) is 1.67. The van der Waals surface area contributed by atoms with Gasteiger partial charge in [0.1, 0.15) is 5.82 Å². The highest BCUT2D eigenvalue weighted by Gasteiger charge is 2.14. The predicted molar refractivity (Wildman–Crippen MR) is 95.2 cm³/mol. The van der Waals surface area contributed by atoms with E-state index in [0.29, 0.717) is 19.1 Å². The predicted octanol–water partition coefficient (Wildman–Crippen LogP) is 2.12. The van der Waals surface area contributed by atoms with E-state index in [1.807, 2.05) is 18.2 Å². The summed E-state index contributed by atoms with van der Waals surface area (Å²) < 4.78 is 10.5. The van der Waals surface area contributed by atoms with Gasteiger partial charge in [-0.2, -0.15) is 4.98 Å². The molecule has 0 spiro atoms. The van der Waals surface area contributed by atoms with Gasteiger partial charge >= 0.3 is 0 Å². The largest absolute Gasteiger partial charge is 0.383 e. The van der Waals surface area contributed by atoms with Gasteiger partial charge < -0.3 is 25.0 Å². The maximum atomic E-state index is 5.44. The summed E-state index contributed by atoms with van der Waals surface area (Å²) in [5.41, 5.74) is 2.19. The monoisotopic (exact) mass is 329 g/mol. The number of rotatable bonds is 7. The maximum Gasteiger partial charge on any atom is 0.224 e. The van der Waals surface area contributed by atoms with E-state index in [2.05, 4.69) is 37.6 Å². The molecule has 0 unspecified atom stereocenters. The Hall–Kier alpha value is -2.38. The van der Waals surface area contributed by atoms with Gasteiger partial charge in [0.05, 0.1) is 31.2 Å².